The van der Waals surface area contributed by atoms with Crippen LogP contribution in [-0.2, 0) is 16.1 Å². The number of benzene rings is 1. The van der Waals surface area contributed by atoms with Gasteiger partial charge in [0.05, 0.1) is 5.69 Å². The van der Waals surface area contributed by atoms with E-state index < -0.39 is 5.97 Å². The second-order valence-corrected chi connectivity index (χ2v) is 7.24. The Kier molecular flexibility index (Phi) is 4.42. The SMILES string of the molecule is Cc1ccc(OCC(=O)OCc2cc(=O)n3nc(C4CC4)sc3n2)cc1. The summed E-state index contributed by atoms with van der Waals surface area (Å²) in [5.41, 5.74) is 1.25. The maximum atomic E-state index is 12.1. The molecule has 1 aliphatic rings. The average Bonchev–Trinajstić information content (AvgIpc) is 3.39. The molecule has 1 saturated carbocycles. The van der Waals surface area contributed by atoms with Gasteiger partial charge in [0.2, 0.25) is 4.96 Å². The molecule has 0 aliphatic heterocycles. The van der Waals surface area contributed by atoms with Gasteiger partial charge in [-0.15, -0.1) is 0 Å². The summed E-state index contributed by atoms with van der Waals surface area (Å²) in [6, 6.07) is 8.73. The van der Waals surface area contributed by atoms with Crippen molar-refractivity contribution in [2.75, 3.05) is 6.61 Å². The van der Waals surface area contributed by atoms with E-state index in [-0.39, 0.29) is 18.8 Å². The minimum absolute atomic E-state index is 0.0709. The van der Waals surface area contributed by atoms with Crippen LogP contribution in [-0.4, -0.2) is 27.2 Å². The van der Waals surface area contributed by atoms with E-state index >= 15 is 0 Å². The maximum absolute atomic E-state index is 12.1. The summed E-state index contributed by atoms with van der Waals surface area (Å²) in [6.45, 7) is 1.70. The fourth-order valence-electron chi connectivity index (χ4n) is 2.41. The van der Waals surface area contributed by atoms with Crippen LogP contribution in [0.2, 0.25) is 0 Å². The van der Waals surface area contributed by atoms with Crippen molar-refractivity contribution in [3.05, 3.63) is 57.0 Å². The molecule has 3 aromatic rings. The van der Waals surface area contributed by atoms with Crippen LogP contribution in [0.4, 0.5) is 0 Å². The molecule has 0 bridgehead atoms. The van der Waals surface area contributed by atoms with Crippen molar-refractivity contribution in [1.29, 1.82) is 0 Å². The van der Waals surface area contributed by atoms with Crippen molar-refractivity contribution >= 4 is 22.3 Å². The van der Waals surface area contributed by atoms with Gasteiger partial charge in [0, 0.05) is 12.0 Å². The van der Waals surface area contributed by atoms with Gasteiger partial charge in [-0.2, -0.15) is 9.61 Å². The molecule has 0 spiro atoms. The van der Waals surface area contributed by atoms with Crippen LogP contribution >= 0.6 is 11.3 Å². The summed E-state index contributed by atoms with van der Waals surface area (Å²) in [6.07, 6.45) is 2.22. The molecule has 4 rings (SSSR count). The molecule has 0 saturated heterocycles. The van der Waals surface area contributed by atoms with E-state index in [0.29, 0.717) is 22.3 Å². The first-order chi connectivity index (χ1) is 12.6. The average molecular weight is 371 g/mol. The van der Waals surface area contributed by atoms with E-state index in [9.17, 15) is 9.59 Å². The molecule has 1 aliphatic carbocycles. The Labute approximate surface area is 153 Å². The van der Waals surface area contributed by atoms with E-state index in [2.05, 4.69) is 10.1 Å². The molecular formula is C18H17N3O4S. The van der Waals surface area contributed by atoms with E-state index in [0.717, 1.165) is 23.4 Å². The number of fused-ring (bicyclic) bond motifs is 1. The van der Waals surface area contributed by atoms with Crippen molar-refractivity contribution in [3.63, 3.8) is 0 Å². The molecule has 0 unspecified atom stereocenters. The van der Waals surface area contributed by atoms with Gasteiger partial charge in [0.15, 0.2) is 6.61 Å². The van der Waals surface area contributed by atoms with Crippen LogP contribution in [0, 0.1) is 6.92 Å². The zero-order chi connectivity index (χ0) is 18.1. The van der Waals surface area contributed by atoms with E-state index in [1.165, 1.54) is 21.9 Å². The van der Waals surface area contributed by atoms with Crippen molar-refractivity contribution < 1.29 is 14.3 Å². The lowest BCUT2D eigenvalue weighted by atomic mass is 10.2. The number of esters is 1. The largest absolute Gasteiger partial charge is 0.482 e. The molecule has 0 N–H and O–H groups in total. The highest BCUT2D eigenvalue weighted by Crippen LogP contribution is 2.41. The standard InChI is InChI=1S/C18H17N3O4S/c1-11-2-6-14(7-3-11)24-10-16(23)25-9-13-8-15(22)21-18(19-13)26-17(20-21)12-4-5-12/h2-3,6-8,12H,4-5,9-10H2,1H3. The lowest BCUT2D eigenvalue weighted by molar-refractivity contribution is -0.147. The minimum Gasteiger partial charge on any atom is -0.482 e. The molecular weight excluding hydrogens is 354 g/mol. The van der Waals surface area contributed by atoms with Gasteiger partial charge in [-0.05, 0) is 31.9 Å². The number of ether oxygens (including phenoxy) is 2. The summed E-state index contributed by atoms with van der Waals surface area (Å²) in [5.74, 6) is 0.541. The second-order valence-electron chi connectivity index (χ2n) is 6.26. The summed E-state index contributed by atoms with van der Waals surface area (Å²) < 4.78 is 11.8. The molecule has 0 radical (unpaired) electrons. The zero-order valence-corrected chi connectivity index (χ0v) is 15.0. The fraction of sp³-hybridized carbons (Fsp3) is 0.333. The van der Waals surface area contributed by atoms with E-state index in [1.54, 1.807) is 12.1 Å². The molecule has 0 amide bonds. The van der Waals surface area contributed by atoms with Crippen LogP contribution in [0.3, 0.4) is 0 Å². The van der Waals surface area contributed by atoms with Crippen molar-refractivity contribution in [3.8, 4) is 5.75 Å². The molecule has 134 valence electrons. The third-order valence-corrected chi connectivity index (χ3v) is 5.07. The zero-order valence-electron chi connectivity index (χ0n) is 14.2. The molecule has 7 nitrogen and oxygen atoms in total. The molecule has 8 heteroatoms. The van der Waals surface area contributed by atoms with Crippen LogP contribution < -0.4 is 10.3 Å². The van der Waals surface area contributed by atoms with Gasteiger partial charge in [-0.3, -0.25) is 4.79 Å². The van der Waals surface area contributed by atoms with Crippen molar-refractivity contribution in [1.82, 2.24) is 14.6 Å². The maximum Gasteiger partial charge on any atom is 0.344 e. The normalized spacial score (nSPS) is 13.7. The molecule has 26 heavy (non-hydrogen) atoms. The number of hydrogen-bond donors (Lipinski definition) is 0. The Balaban J connectivity index is 1.36. The van der Waals surface area contributed by atoms with Gasteiger partial charge >= 0.3 is 5.97 Å². The monoisotopic (exact) mass is 371 g/mol. The number of aryl methyl sites for hydroxylation is 1. The van der Waals surface area contributed by atoms with Crippen LogP contribution in [0.15, 0.2) is 35.1 Å². The second kappa shape index (κ2) is 6.87. The van der Waals surface area contributed by atoms with E-state index in [1.807, 2.05) is 19.1 Å². The number of carbonyl (C=O) groups excluding carboxylic acids is 1. The first-order valence-electron chi connectivity index (χ1n) is 8.33. The summed E-state index contributed by atoms with van der Waals surface area (Å²) in [7, 11) is 0. The number of aromatic nitrogens is 3. The first kappa shape index (κ1) is 16.7. The van der Waals surface area contributed by atoms with Gasteiger partial charge < -0.3 is 9.47 Å². The van der Waals surface area contributed by atoms with Gasteiger partial charge in [0.25, 0.3) is 5.56 Å². The summed E-state index contributed by atoms with van der Waals surface area (Å²) in [4.78, 5) is 28.9. The van der Waals surface area contributed by atoms with Gasteiger partial charge in [-0.1, -0.05) is 29.0 Å². The molecule has 2 aromatic heterocycles. The number of hydrogen-bond acceptors (Lipinski definition) is 7. The highest BCUT2D eigenvalue weighted by molar-refractivity contribution is 7.16. The first-order valence-corrected chi connectivity index (χ1v) is 9.15. The van der Waals surface area contributed by atoms with E-state index in [4.69, 9.17) is 9.47 Å². The molecule has 1 aromatic carbocycles. The van der Waals surface area contributed by atoms with Crippen LogP contribution in [0.25, 0.3) is 4.96 Å². The van der Waals surface area contributed by atoms with Gasteiger partial charge in [-0.25, -0.2) is 9.78 Å². The highest BCUT2D eigenvalue weighted by Gasteiger charge is 2.28. The summed E-state index contributed by atoms with van der Waals surface area (Å²) >= 11 is 1.41. The number of rotatable bonds is 6. The smallest absolute Gasteiger partial charge is 0.344 e. The highest BCUT2D eigenvalue weighted by atomic mass is 32.1. The van der Waals surface area contributed by atoms with Gasteiger partial charge in [0.1, 0.15) is 17.4 Å². The Hall–Kier alpha value is -2.74. The topological polar surface area (TPSA) is 82.8 Å². The molecule has 1 fully saturated rings. The Morgan fingerprint density at radius 1 is 1.31 bits per heavy atom. The quantitative estimate of drug-likeness (QED) is 0.619. The summed E-state index contributed by atoms with van der Waals surface area (Å²) in [5, 5.41) is 5.25. The molecule has 2 heterocycles. The minimum atomic E-state index is -0.518. The Morgan fingerprint density at radius 2 is 2.08 bits per heavy atom. The predicted molar refractivity (Wildman–Crippen MR) is 95.6 cm³/mol. The fourth-order valence-corrected chi connectivity index (χ4v) is 3.51. The Morgan fingerprint density at radius 3 is 2.81 bits per heavy atom. The number of carbonyl (C=O) groups is 1. The van der Waals surface area contributed by atoms with Crippen LogP contribution in [0.1, 0.15) is 35.0 Å². The number of nitrogens with zero attached hydrogens (tertiary/aromatic N) is 3. The van der Waals surface area contributed by atoms with Crippen molar-refractivity contribution in [2.45, 2.75) is 32.3 Å². The van der Waals surface area contributed by atoms with Crippen LogP contribution in [0.5, 0.6) is 5.75 Å². The third-order valence-electron chi connectivity index (χ3n) is 4.00. The lowest BCUT2D eigenvalue weighted by Crippen LogP contribution is -2.18. The third kappa shape index (κ3) is 3.75. The van der Waals surface area contributed by atoms with Crippen molar-refractivity contribution in [2.24, 2.45) is 0 Å². The molecule has 0 atom stereocenters. The predicted octanol–water partition coefficient (Wildman–Crippen LogP) is 2.46. The Bertz CT molecular complexity index is 1010. The lowest BCUT2D eigenvalue weighted by Gasteiger charge is -2.07.